The van der Waals surface area contributed by atoms with Crippen molar-refractivity contribution in [2.75, 3.05) is 11.3 Å². The van der Waals surface area contributed by atoms with E-state index in [4.69, 9.17) is 0 Å². The Balaban J connectivity index is 1.54. The fraction of sp³-hybridized carbons (Fsp3) is 0.273. The van der Waals surface area contributed by atoms with Gasteiger partial charge in [-0.3, -0.25) is 14.2 Å². The number of benzene rings is 2. The van der Waals surface area contributed by atoms with Crippen LogP contribution in [-0.4, -0.2) is 30.7 Å². The van der Waals surface area contributed by atoms with E-state index >= 15 is 0 Å². The van der Waals surface area contributed by atoms with Crippen LogP contribution in [-0.2, 0) is 23.5 Å². The Labute approximate surface area is 177 Å². The van der Waals surface area contributed by atoms with Crippen molar-refractivity contribution < 1.29 is 13.2 Å². The number of aromatic nitrogens is 2. The number of carbonyl (C=O) groups excluding carboxylic acids is 1. The molecule has 0 spiro atoms. The summed E-state index contributed by atoms with van der Waals surface area (Å²) in [6.07, 6.45) is 5.43. The van der Waals surface area contributed by atoms with Crippen molar-refractivity contribution in [1.82, 2.24) is 15.1 Å². The molecule has 0 saturated carbocycles. The number of hydrogen-bond acceptors (Lipinski definition) is 4. The normalized spacial score (nSPS) is 11.3. The number of amides is 1. The summed E-state index contributed by atoms with van der Waals surface area (Å²) in [7, 11) is -1.81. The van der Waals surface area contributed by atoms with Gasteiger partial charge in [0, 0.05) is 31.0 Å². The van der Waals surface area contributed by atoms with E-state index in [1.165, 1.54) is 0 Å². The highest BCUT2D eigenvalue weighted by Gasteiger charge is 2.15. The quantitative estimate of drug-likeness (QED) is 0.541. The minimum absolute atomic E-state index is 0.190. The van der Waals surface area contributed by atoms with Gasteiger partial charge in [-0.25, -0.2) is 8.42 Å². The third kappa shape index (κ3) is 5.48. The lowest BCUT2D eigenvalue weighted by Crippen LogP contribution is -2.24. The predicted octanol–water partition coefficient (Wildman–Crippen LogP) is 3.20. The molecule has 0 aliphatic rings. The van der Waals surface area contributed by atoms with Gasteiger partial charge in [0.25, 0.3) is 15.9 Å². The zero-order valence-corrected chi connectivity index (χ0v) is 18.2. The lowest BCUT2D eigenvalue weighted by atomic mass is 10.1. The second kappa shape index (κ2) is 9.13. The molecule has 30 heavy (non-hydrogen) atoms. The molecule has 0 bridgehead atoms. The summed E-state index contributed by atoms with van der Waals surface area (Å²) >= 11 is 0. The largest absolute Gasteiger partial charge is 0.352 e. The standard InChI is InChI=1S/C22H26N4O3S/c1-16-6-11-21(13-17(16)2)30(28,29)25-20-9-7-19(8-10-20)22(27)23-12-4-5-18-14-24-26(3)15-18/h6-11,13-15,25H,4-5,12H2,1-3H3,(H,23,27). The zero-order valence-electron chi connectivity index (χ0n) is 17.3. The molecule has 0 fully saturated rings. The van der Waals surface area contributed by atoms with Crippen molar-refractivity contribution >= 4 is 21.6 Å². The van der Waals surface area contributed by atoms with Crippen molar-refractivity contribution in [1.29, 1.82) is 0 Å². The number of aryl methyl sites for hydroxylation is 4. The van der Waals surface area contributed by atoms with Crippen LogP contribution in [0.4, 0.5) is 5.69 Å². The fourth-order valence-electron chi connectivity index (χ4n) is 2.98. The van der Waals surface area contributed by atoms with Gasteiger partial charge in [-0.05, 0) is 79.8 Å². The summed E-state index contributed by atoms with van der Waals surface area (Å²) in [5.74, 6) is -0.190. The Bertz CT molecular complexity index is 1140. The van der Waals surface area contributed by atoms with Crippen LogP contribution in [0.5, 0.6) is 0 Å². The summed E-state index contributed by atoms with van der Waals surface area (Å²) in [4.78, 5) is 12.5. The zero-order chi connectivity index (χ0) is 21.7. The summed E-state index contributed by atoms with van der Waals surface area (Å²) in [5, 5.41) is 7.00. The maximum absolute atomic E-state index is 12.6. The van der Waals surface area contributed by atoms with Gasteiger partial charge in [-0.2, -0.15) is 5.10 Å². The van der Waals surface area contributed by atoms with Crippen LogP contribution >= 0.6 is 0 Å². The lowest BCUT2D eigenvalue weighted by Gasteiger charge is -2.10. The number of nitrogens with one attached hydrogen (secondary N) is 2. The van der Waals surface area contributed by atoms with Gasteiger partial charge in [-0.15, -0.1) is 0 Å². The molecule has 0 radical (unpaired) electrons. The summed E-state index contributed by atoms with van der Waals surface area (Å²) in [6, 6.07) is 11.4. The van der Waals surface area contributed by atoms with E-state index in [0.29, 0.717) is 17.8 Å². The fourth-order valence-corrected chi connectivity index (χ4v) is 4.13. The van der Waals surface area contributed by atoms with Gasteiger partial charge in [-0.1, -0.05) is 6.07 Å². The Morgan fingerprint density at radius 2 is 1.80 bits per heavy atom. The van der Waals surface area contributed by atoms with Gasteiger partial charge in [0.15, 0.2) is 0 Å². The molecular weight excluding hydrogens is 400 g/mol. The molecule has 0 aliphatic heterocycles. The van der Waals surface area contributed by atoms with Crippen LogP contribution in [0.3, 0.4) is 0 Å². The Kier molecular flexibility index (Phi) is 6.56. The Morgan fingerprint density at radius 3 is 2.43 bits per heavy atom. The molecule has 158 valence electrons. The molecule has 1 amide bonds. The lowest BCUT2D eigenvalue weighted by molar-refractivity contribution is 0.0953. The molecule has 0 saturated heterocycles. The minimum Gasteiger partial charge on any atom is -0.352 e. The van der Waals surface area contributed by atoms with Crippen molar-refractivity contribution in [3.8, 4) is 0 Å². The number of nitrogens with zero attached hydrogens (tertiary/aromatic N) is 2. The Hall–Kier alpha value is -3.13. The topological polar surface area (TPSA) is 93.1 Å². The monoisotopic (exact) mass is 426 g/mol. The second-order valence-corrected chi connectivity index (χ2v) is 8.99. The maximum Gasteiger partial charge on any atom is 0.261 e. The van der Waals surface area contributed by atoms with Crippen molar-refractivity contribution in [2.24, 2.45) is 7.05 Å². The van der Waals surface area contributed by atoms with Crippen molar-refractivity contribution in [3.05, 3.63) is 77.1 Å². The molecule has 0 aliphatic carbocycles. The number of sulfonamides is 1. The first kappa shape index (κ1) is 21.6. The summed E-state index contributed by atoms with van der Waals surface area (Å²) in [5.41, 5.74) is 3.96. The highest BCUT2D eigenvalue weighted by molar-refractivity contribution is 7.92. The Morgan fingerprint density at radius 1 is 1.07 bits per heavy atom. The highest BCUT2D eigenvalue weighted by atomic mass is 32.2. The molecule has 1 aromatic heterocycles. The molecular formula is C22H26N4O3S. The molecule has 2 N–H and O–H groups in total. The first-order valence-electron chi connectivity index (χ1n) is 9.70. The molecule has 0 unspecified atom stereocenters. The average molecular weight is 427 g/mol. The van der Waals surface area contributed by atoms with Gasteiger partial charge < -0.3 is 5.32 Å². The van der Waals surface area contributed by atoms with Crippen LogP contribution in [0.2, 0.25) is 0 Å². The SMILES string of the molecule is Cc1ccc(S(=O)(=O)Nc2ccc(C(=O)NCCCc3cnn(C)c3)cc2)cc1C. The van der Waals surface area contributed by atoms with Gasteiger partial charge in [0.1, 0.15) is 0 Å². The van der Waals surface area contributed by atoms with E-state index in [-0.39, 0.29) is 10.8 Å². The van der Waals surface area contributed by atoms with E-state index < -0.39 is 10.0 Å². The highest BCUT2D eigenvalue weighted by Crippen LogP contribution is 2.19. The van der Waals surface area contributed by atoms with Crippen LogP contribution in [0.15, 0.2) is 59.8 Å². The van der Waals surface area contributed by atoms with Gasteiger partial charge in [0.05, 0.1) is 11.1 Å². The average Bonchev–Trinajstić information content (AvgIpc) is 3.12. The molecule has 2 aromatic carbocycles. The molecule has 3 rings (SSSR count). The van der Waals surface area contributed by atoms with Crippen molar-refractivity contribution in [2.45, 2.75) is 31.6 Å². The van der Waals surface area contributed by atoms with Crippen LogP contribution in [0.25, 0.3) is 0 Å². The molecule has 8 heteroatoms. The van der Waals surface area contributed by atoms with E-state index in [9.17, 15) is 13.2 Å². The number of rotatable bonds is 8. The van der Waals surface area contributed by atoms with Gasteiger partial charge in [0.2, 0.25) is 0 Å². The second-order valence-electron chi connectivity index (χ2n) is 7.31. The van der Waals surface area contributed by atoms with Crippen LogP contribution < -0.4 is 10.0 Å². The van der Waals surface area contributed by atoms with Crippen LogP contribution in [0.1, 0.15) is 33.5 Å². The first-order valence-corrected chi connectivity index (χ1v) is 11.2. The summed E-state index contributed by atoms with van der Waals surface area (Å²) in [6.45, 7) is 4.36. The molecule has 3 aromatic rings. The third-order valence-electron chi connectivity index (χ3n) is 4.87. The van der Waals surface area contributed by atoms with Crippen LogP contribution in [0, 0.1) is 13.8 Å². The maximum atomic E-state index is 12.6. The number of hydrogen-bond donors (Lipinski definition) is 2. The number of anilines is 1. The smallest absolute Gasteiger partial charge is 0.261 e. The molecule has 0 atom stereocenters. The predicted molar refractivity (Wildman–Crippen MR) is 117 cm³/mol. The molecule has 1 heterocycles. The first-order chi connectivity index (χ1) is 14.2. The van der Waals surface area contributed by atoms with E-state index in [2.05, 4.69) is 15.1 Å². The minimum atomic E-state index is -3.69. The van der Waals surface area contributed by atoms with Crippen molar-refractivity contribution in [3.63, 3.8) is 0 Å². The third-order valence-corrected chi connectivity index (χ3v) is 6.25. The van der Waals surface area contributed by atoms with Gasteiger partial charge >= 0.3 is 0 Å². The summed E-state index contributed by atoms with van der Waals surface area (Å²) < 4.78 is 29.5. The van der Waals surface area contributed by atoms with E-state index in [0.717, 1.165) is 29.5 Å². The van der Waals surface area contributed by atoms with E-state index in [1.807, 2.05) is 33.3 Å². The van der Waals surface area contributed by atoms with E-state index in [1.54, 1.807) is 47.1 Å². The molecule has 7 nitrogen and oxygen atoms in total. The number of carbonyl (C=O) groups is 1.